The number of amides is 1. The molecule has 4 heteroatoms. The number of hydrogen-bond donors (Lipinski definition) is 1. The fourth-order valence-corrected chi connectivity index (χ4v) is 1.66. The highest BCUT2D eigenvalue weighted by Gasteiger charge is 2.14. The standard InChI is InChI=1S/C18H27NO3/c1-5-6-14-21-16-11-9-15(10-12-16)8-7-13-19-17(20)22-18(2,3)4/h7-12H,5-6,13-14H2,1-4H3,(H,19,20). The molecule has 0 spiro atoms. The molecule has 0 unspecified atom stereocenters. The Hall–Kier alpha value is -1.97. The van der Waals surface area contributed by atoms with Gasteiger partial charge in [0.25, 0.3) is 0 Å². The molecule has 1 N–H and O–H groups in total. The van der Waals surface area contributed by atoms with Crippen molar-refractivity contribution in [2.45, 2.75) is 46.1 Å². The van der Waals surface area contributed by atoms with Gasteiger partial charge in [-0.05, 0) is 44.9 Å². The lowest BCUT2D eigenvalue weighted by molar-refractivity contribution is 0.0534. The Bertz CT molecular complexity index is 472. The zero-order valence-electron chi connectivity index (χ0n) is 14.0. The third-order valence-corrected chi connectivity index (χ3v) is 2.72. The Labute approximate surface area is 133 Å². The Morgan fingerprint density at radius 3 is 2.50 bits per heavy atom. The minimum atomic E-state index is -0.471. The molecule has 1 aromatic carbocycles. The zero-order valence-corrected chi connectivity index (χ0v) is 14.0. The molecular formula is C18H27NO3. The van der Waals surface area contributed by atoms with Crippen LogP contribution in [0.3, 0.4) is 0 Å². The first-order valence-electron chi connectivity index (χ1n) is 7.77. The zero-order chi connectivity index (χ0) is 16.4. The molecule has 1 amide bonds. The molecule has 4 nitrogen and oxygen atoms in total. The van der Waals surface area contributed by atoms with Crippen LogP contribution >= 0.6 is 0 Å². The predicted octanol–water partition coefficient (Wildman–Crippen LogP) is 4.40. The Kier molecular flexibility index (Phi) is 7.50. The van der Waals surface area contributed by atoms with Crippen LogP contribution in [0.1, 0.15) is 46.1 Å². The van der Waals surface area contributed by atoms with Crippen molar-refractivity contribution in [3.05, 3.63) is 35.9 Å². The van der Waals surface area contributed by atoms with Gasteiger partial charge in [-0.15, -0.1) is 0 Å². The van der Waals surface area contributed by atoms with E-state index in [1.54, 1.807) is 0 Å². The van der Waals surface area contributed by atoms with Crippen molar-refractivity contribution in [1.29, 1.82) is 0 Å². The Balaban J connectivity index is 2.33. The van der Waals surface area contributed by atoms with Gasteiger partial charge in [-0.1, -0.05) is 37.6 Å². The number of unbranched alkanes of at least 4 members (excludes halogenated alkanes) is 1. The summed E-state index contributed by atoms with van der Waals surface area (Å²) >= 11 is 0. The summed E-state index contributed by atoms with van der Waals surface area (Å²) in [5, 5.41) is 2.68. The fraction of sp³-hybridized carbons (Fsp3) is 0.500. The number of benzene rings is 1. The SMILES string of the molecule is CCCCOc1ccc(C=CCNC(=O)OC(C)(C)C)cc1. The molecule has 122 valence electrons. The maximum absolute atomic E-state index is 11.5. The molecule has 0 aliphatic heterocycles. The van der Waals surface area contributed by atoms with Crippen molar-refractivity contribution in [2.75, 3.05) is 13.2 Å². The summed E-state index contributed by atoms with van der Waals surface area (Å²) in [5.41, 5.74) is 0.593. The second-order valence-corrected chi connectivity index (χ2v) is 6.06. The number of carbonyl (C=O) groups excluding carboxylic acids is 1. The van der Waals surface area contributed by atoms with Crippen molar-refractivity contribution in [3.8, 4) is 5.75 Å². The predicted molar refractivity (Wildman–Crippen MR) is 90.1 cm³/mol. The van der Waals surface area contributed by atoms with E-state index in [-0.39, 0.29) is 0 Å². The third-order valence-electron chi connectivity index (χ3n) is 2.72. The van der Waals surface area contributed by atoms with Gasteiger partial charge in [-0.2, -0.15) is 0 Å². The van der Waals surface area contributed by atoms with Gasteiger partial charge in [0.2, 0.25) is 0 Å². The van der Waals surface area contributed by atoms with Crippen molar-refractivity contribution in [3.63, 3.8) is 0 Å². The molecule has 0 saturated heterocycles. The third kappa shape index (κ3) is 8.35. The van der Waals surface area contributed by atoms with E-state index in [0.717, 1.165) is 30.8 Å². The van der Waals surface area contributed by atoms with Gasteiger partial charge >= 0.3 is 6.09 Å². The van der Waals surface area contributed by atoms with Crippen molar-refractivity contribution >= 4 is 12.2 Å². The van der Waals surface area contributed by atoms with E-state index in [9.17, 15) is 4.79 Å². The van der Waals surface area contributed by atoms with Crippen LogP contribution in [-0.2, 0) is 4.74 Å². The van der Waals surface area contributed by atoms with E-state index in [2.05, 4.69) is 12.2 Å². The molecule has 0 saturated carbocycles. The normalized spacial score (nSPS) is 11.5. The lowest BCUT2D eigenvalue weighted by Crippen LogP contribution is -2.32. The first-order valence-corrected chi connectivity index (χ1v) is 7.77. The van der Waals surface area contributed by atoms with Crippen LogP contribution in [0.2, 0.25) is 0 Å². The monoisotopic (exact) mass is 305 g/mol. The summed E-state index contributed by atoms with van der Waals surface area (Å²) in [6.45, 7) is 8.85. The van der Waals surface area contributed by atoms with Gasteiger partial charge in [0.15, 0.2) is 0 Å². The highest BCUT2D eigenvalue weighted by atomic mass is 16.6. The first kappa shape index (κ1) is 18.1. The molecule has 0 atom stereocenters. The summed E-state index contributed by atoms with van der Waals surface area (Å²) in [6, 6.07) is 7.89. The highest BCUT2D eigenvalue weighted by Crippen LogP contribution is 2.13. The number of hydrogen-bond acceptors (Lipinski definition) is 3. The molecular weight excluding hydrogens is 278 g/mol. The first-order chi connectivity index (χ1) is 10.4. The van der Waals surface area contributed by atoms with E-state index < -0.39 is 11.7 Å². The topological polar surface area (TPSA) is 47.6 Å². The smallest absolute Gasteiger partial charge is 0.407 e. The van der Waals surface area contributed by atoms with E-state index in [1.165, 1.54) is 0 Å². The van der Waals surface area contributed by atoms with Crippen LogP contribution in [0.5, 0.6) is 5.75 Å². The minimum absolute atomic E-state index is 0.406. The van der Waals surface area contributed by atoms with Gasteiger partial charge in [0.1, 0.15) is 11.4 Å². The molecule has 1 rings (SSSR count). The minimum Gasteiger partial charge on any atom is -0.494 e. The average molecular weight is 305 g/mol. The number of ether oxygens (including phenoxy) is 2. The van der Waals surface area contributed by atoms with E-state index in [4.69, 9.17) is 9.47 Å². The van der Waals surface area contributed by atoms with Gasteiger partial charge in [0.05, 0.1) is 6.61 Å². The molecule has 0 aromatic heterocycles. The van der Waals surface area contributed by atoms with Crippen LogP contribution in [0.25, 0.3) is 6.08 Å². The van der Waals surface area contributed by atoms with Crippen LogP contribution < -0.4 is 10.1 Å². The summed E-state index contributed by atoms with van der Waals surface area (Å²) in [5.74, 6) is 0.887. The lowest BCUT2D eigenvalue weighted by Gasteiger charge is -2.19. The average Bonchev–Trinajstić information content (AvgIpc) is 2.43. The molecule has 0 aliphatic rings. The largest absolute Gasteiger partial charge is 0.494 e. The summed E-state index contributed by atoms with van der Waals surface area (Å²) in [7, 11) is 0. The maximum atomic E-state index is 11.5. The highest BCUT2D eigenvalue weighted by molar-refractivity contribution is 5.68. The van der Waals surface area contributed by atoms with Crippen LogP contribution in [-0.4, -0.2) is 24.8 Å². The van der Waals surface area contributed by atoms with E-state index in [1.807, 2.05) is 57.2 Å². The van der Waals surface area contributed by atoms with Gasteiger partial charge in [-0.25, -0.2) is 4.79 Å². The summed E-state index contributed by atoms with van der Waals surface area (Å²) in [6.07, 6.45) is 5.63. The summed E-state index contributed by atoms with van der Waals surface area (Å²) in [4.78, 5) is 11.5. The van der Waals surface area contributed by atoms with Gasteiger partial charge in [0, 0.05) is 6.54 Å². The van der Waals surface area contributed by atoms with Gasteiger partial charge in [-0.3, -0.25) is 0 Å². The second-order valence-electron chi connectivity index (χ2n) is 6.06. The van der Waals surface area contributed by atoms with Crippen molar-refractivity contribution < 1.29 is 14.3 Å². The van der Waals surface area contributed by atoms with E-state index in [0.29, 0.717) is 6.54 Å². The number of alkyl carbamates (subject to hydrolysis) is 1. The molecule has 1 aromatic rings. The van der Waals surface area contributed by atoms with Crippen LogP contribution in [0, 0.1) is 0 Å². The van der Waals surface area contributed by atoms with Gasteiger partial charge < -0.3 is 14.8 Å². The number of carbonyl (C=O) groups is 1. The Morgan fingerprint density at radius 2 is 1.91 bits per heavy atom. The molecule has 0 radical (unpaired) electrons. The number of nitrogens with one attached hydrogen (secondary N) is 1. The molecule has 22 heavy (non-hydrogen) atoms. The molecule has 0 bridgehead atoms. The fourth-order valence-electron chi connectivity index (χ4n) is 1.66. The van der Waals surface area contributed by atoms with Crippen LogP contribution in [0.15, 0.2) is 30.3 Å². The quantitative estimate of drug-likeness (QED) is 0.759. The molecule has 0 heterocycles. The van der Waals surface area contributed by atoms with Crippen molar-refractivity contribution in [2.24, 2.45) is 0 Å². The summed E-state index contributed by atoms with van der Waals surface area (Å²) < 4.78 is 10.8. The molecule has 0 aliphatic carbocycles. The second kappa shape index (κ2) is 9.13. The van der Waals surface area contributed by atoms with E-state index >= 15 is 0 Å². The Morgan fingerprint density at radius 1 is 1.23 bits per heavy atom. The van der Waals surface area contributed by atoms with Crippen molar-refractivity contribution in [1.82, 2.24) is 5.32 Å². The van der Waals surface area contributed by atoms with Crippen LogP contribution in [0.4, 0.5) is 4.79 Å². The maximum Gasteiger partial charge on any atom is 0.407 e. The lowest BCUT2D eigenvalue weighted by atomic mass is 10.2. The molecule has 0 fully saturated rings. The number of rotatable bonds is 7.